The van der Waals surface area contributed by atoms with Crippen LogP contribution in [-0.4, -0.2) is 25.3 Å². The molecule has 0 aliphatic heterocycles. The van der Waals surface area contributed by atoms with Gasteiger partial charge in [-0.15, -0.1) is 0 Å². The molecule has 52 valence electrons. The Kier molecular flexibility index (Phi) is 4.88. The van der Waals surface area contributed by atoms with Gasteiger partial charge in [-0.3, -0.25) is 0 Å². The molecular formula is C7H14N2. The molecule has 0 atom stereocenters. The number of hydrogen-bond donors (Lipinski definition) is 0. The molecule has 0 fully saturated rings. The summed E-state index contributed by atoms with van der Waals surface area (Å²) in [6.45, 7) is 2.08. The Balaban J connectivity index is 3.35. The molecule has 2 heteroatoms. The molecule has 0 spiro atoms. The standard InChI is InChI=1S/C7H14N2/c1-4-5-6-8-7-9(2)3/h5-7H,4H2,1-3H3/b6-5-,8-7?. The van der Waals surface area contributed by atoms with Gasteiger partial charge in [-0.1, -0.05) is 13.0 Å². The van der Waals surface area contributed by atoms with E-state index in [2.05, 4.69) is 11.9 Å². The molecule has 0 aromatic carbocycles. The van der Waals surface area contributed by atoms with Gasteiger partial charge in [0.25, 0.3) is 0 Å². The van der Waals surface area contributed by atoms with Crippen LogP contribution < -0.4 is 0 Å². The second-order valence-electron chi connectivity index (χ2n) is 2.02. The zero-order valence-electron chi connectivity index (χ0n) is 6.33. The van der Waals surface area contributed by atoms with Crippen LogP contribution in [0.25, 0.3) is 0 Å². The van der Waals surface area contributed by atoms with E-state index >= 15 is 0 Å². The van der Waals surface area contributed by atoms with E-state index in [4.69, 9.17) is 0 Å². The van der Waals surface area contributed by atoms with E-state index in [1.165, 1.54) is 0 Å². The maximum atomic E-state index is 3.98. The molecule has 9 heavy (non-hydrogen) atoms. The van der Waals surface area contributed by atoms with Crippen molar-refractivity contribution in [2.75, 3.05) is 14.1 Å². The molecule has 0 heterocycles. The summed E-state index contributed by atoms with van der Waals surface area (Å²) >= 11 is 0. The Morgan fingerprint density at radius 2 is 2.11 bits per heavy atom. The highest BCUT2D eigenvalue weighted by Gasteiger charge is 1.70. The van der Waals surface area contributed by atoms with Crippen molar-refractivity contribution in [3.05, 3.63) is 12.3 Å². The monoisotopic (exact) mass is 126 g/mol. The Bertz CT molecular complexity index is 103. The fraction of sp³-hybridized carbons (Fsp3) is 0.571. The highest BCUT2D eigenvalue weighted by molar-refractivity contribution is 5.54. The van der Waals surface area contributed by atoms with E-state index in [1.54, 1.807) is 12.5 Å². The largest absolute Gasteiger partial charge is 0.369 e. The number of nitrogens with zero attached hydrogens (tertiary/aromatic N) is 2. The summed E-state index contributed by atoms with van der Waals surface area (Å²) in [6, 6.07) is 0. The third-order valence-electron chi connectivity index (χ3n) is 0.725. The van der Waals surface area contributed by atoms with Crippen molar-refractivity contribution in [3.8, 4) is 0 Å². The van der Waals surface area contributed by atoms with E-state index in [9.17, 15) is 0 Å². The summed E-state index contributed by atoms with van der Waals surface area (Å²) < 4.78 is 0. The highest BCUT2D eigenvalue weighted by atomic mass is 15.1. The Hall–Kier alpha value is -0.790. The van der Waals surface area contributed by atoms with Gasteiger partial charge in [-0.05, 0) is 6.42 Å². The summed E-state index contributed by atoms with van der Waals surface area (Å²) in [7, 11) is 3.90. The maximum absolute atomic E-state index is 3.98. The first-order valence-electron chi connectivity index (χ1n) is 3.12. The van der Waals surface area contributed by atoms with E-state index in [0.717, 1.165) is 6.42 Å². The Morgan fingerprint density at radius 1 is 1.44 bits per heavy atom. The van der Waals surface area contributed by atoms with Crippen LogP contribution >= 0.6 is 0 Å². The molecule has 0 radical (unpaired) electrons. The SMILES string of the molecule is CC/C=C\N=CN(C)C. The predicted octanol–water partition coefficient (Wildman–Crippen LogP) is 1.50. The molecule has 0 rings (SSSR count). The van der Waals surface area contributed by atoms with Crippen molar-refractivity contribution < 1.29 is 0 Å². The first-order valence-corrected chi connectivity index (χ1v) is 3.12. The van der Waals surface area contributed by atoms with Crippen LogP contribution in [0.3, 0.4) is 0 Å². The van der Waals surface area contributed by atoms with Gasteiger partial charge in [0.05, 0.1) is 6.34 Å². The summed E-state index contributed by atoms with van der Waals surface area (Å²) in [6.07, 6.45) is 6.64. The minimum absolute atomic E-state index is 1.05. The average molecular weight is 126 g/mol. The smallest absolute Gasteiger partial charge is 0.0899 e. The lowest BCUT2D eigenvalue weighted by atomic mass is 10.5. The zero-order valence-corrected chi connectivity index (χ0v) is 6.33. The van der Waals surface area contributed by atoms with Gasteiger partial charge < -0.3 is 4.90 Å². The van der Waals surface area contributed by atoms with E-state index in [1.807, 2.05) is 25.1 Å². The molecule has 0 saturated carbocycles. The number of rotatable bonds is 3. The molecule has 0 unspecified atom stereocenters. The van der Waals surface area contributed by atoms with Gasteiger partial charge in [0.1, 0.15) is 0 Å². The minimum Gasteiger partial charge on any atom is -0.369 e. The van der Waals surface area contributed by atoms with Gasteiger partial charge in [-0.2, -0.15) is 0 Å². The van der Waals surface area contributed by atoms with Crippen LogP contribution in [0, 0.1) is 0 Å². The topological polar surface area (TPSA) is 15.6 Å². The van der Waals surface area contributed by atoms with Gasteiger partial charge in [0.2, 0.25) is 0 Å². The van der Waals surface area contributed by atoms with Crippen LogP contribution in [0.1, 0.15) is 13.3 Å². The molecule has 0 aromatic rings. The maximum Gasteiger partial charge on any atom is 0.0899 e. The molecule has 0 saturated heterocycles. The lowest BCUT2D eigenvalue weighted by molar-refractivity contribution is 0.643. The molecule has 2 nitrogen and oxygen atoms in total. The van der Waals surface area contributed by atoms with E-state index in [-0.39, 0.29) is 0 Å². The molecule has 0 aromatic heterocycles. The molecule has 0 aliphatic carbocycles. The van der Waals surface area contributed by atoms with Gasteiger partial charge in [0, 0.05) is 20.3 Å². The zero-order chi connectivity index (χ0) is 7.11. The van der Waals surface area contributed by atoms with Gasteiger partial charge in [-0.25, -0.2) is 4.99 Å². The second kappa shape index (κ2) is 5.35. The number of aliphatic imine (C=N–C) groups is 1. The van der Waals surface area contributed by atoms with Crippen molar-refractivity contribution in [1.29, 1.82) is 0 Å². The Labute approximate surface area is 56.9 Å². The number of allylic oxidation sites excluding steroid dienone is 1. The van der Waals surface area contributed by atoms with Crippen molar-refractivity contribution in [2.45, 2.75) is 13.3 Å². The first-order chi connectivity index (χ1) is 4.27. The quantitative estimate of drug-likeness (QED) is 0.413. The molecule has 0 N–H and O–H groups in total. The van der Waals surface area contributed by atoms with Crippen molar-refractivity contribution >= 4 is 6.34 Å². The predicted molar refractivity (Wildman–Crippen MR) is 41.6 cm³/mol. The molecule has 0 amide bonds. The van der Waals surface area contributed by atoms with Gasteiger partial charge >= 0.3 is 0 Å². The summed E-state index contributed by atoms with van der Waals surface area (Å²) in [5, 5.41) is 0. The summed E-state index contributed by atoms with van der Waals surface area (Å²) in [5.74, 6) is 0. The summed E-state index contributed by atoms with van der Waals surface area (Å²) in [5.41, 5.74) is 0. The fourth-order valence-corrected chi connectivity index (χ4v) is 0.338. The number of hydrogen-bond acceptors (Lipinski definition) is 1. The third kappa shape index (κ3) is 7.21. The van der Waals surface area contributed by atoms with E-state index < -0.39 is 0 Å². The van der Waals surface area contributed by atoms with Crippen LogP contribution in [0.15, 0.2) is 17.3 Å². The van der Waals surface area contributed by atoms with Crippen LogP contribution in [0.4, 0.5) is 0 Å². The van der Waals surface area contributed by atoms with Crippen LogP contribution in [0.5, 0.6) is 0 Å². The van der Waals surface area contributed by atoms with Crippen molar-refractivity contribution in [1.82, 2.24) is 4.90 Å². The lowest BCUT2D eigenvalue weighted by Crippen LogP contribution is -2.06. The average Bonchev–Trinajstić information content (AvgIpc) is 1.80. The van der Waals surface area contributed by atoms with Gasteiger partial charge in [0.15, 0.2) is 0 Å². The van der Waals surface area contributed by atoms with Crippen LogP contribution in [-0.2, 0) is 0 Å². The van der Waals surface area contributed by atoms with Crippen molar-refractivity contribution in [3.63, 3.8) is 0 Å². The van der Waals surface area contributed by atoms with Crippen LogP contribution in [0.2, 0.25) is 0 Å². The lowest BCUT2D eigenvalue weighted by Gasteiger charge is -1.99. The molecular weight excluding hydrogens is 112 g/mol. The van der Waals surface area contributed by atoms with Crippen molar-refractivity contribution in [2.24, 2.45) is 4.99 Å². The second-order valence-corrected chi connectivity index (χ2v) is 2.02. The highest BCUT2D eigenvalue weighted by Crippen LogP contribution is 1.79. The molecule has 0 aliphatic rings. The normalized spacial score (nSPS) is 11.4. The third-order valence-corrected chi connectivity index (χ3v) is 0.725. The Morgan fingerprint density at radius 3 is 2.56 bits per heavy atom. The fourth-order valence-electron chi connectivity index (χ4n) is 0.338. The molecule has 0 bridgehead atoms. The first kappa shape index (κ1) is 8.21. The summed E-state index contributed by atoms with van der Waals surface area (Å²) in [4.78, 5) is 5.88. The minimum atomic E-state index is 1.05. The van der Waals surface area contributed by atoms with E-state index in [0.29, 0.717) is 0 Å².